The van der Waals surface area contributed by atoms with Crippen LogP contribution in [0.1, 0.15) is 90.9 Å². The number of rotatable bonds is 27. The van der Waals surface area contributed by atoms with Gasteiger partial charge in [-0.05, 0) is 44.9 Å². The minimum absolute atomic E-state index is 0.168. The molecule has 3 unspecified atom stereocenters. The number of hydrogen-bond acceptors (Lipinski definition) is 10. The summed E-state index contributed by atoms with van der Waals surface area (Å²) in [5.74, 6) is -0.934. The predicted octanol–water partition coefficient (Wildman–Crippen LogP) is 6.43. The molecule has 10 nitrogen and oxygen atoms in total. The number of ether oxygens (including phenoxy) is 4. The van der Waals surface area contributed by atoms with E-state index in [1.54, 1.807) is 0 Å². The fourth-order valence-electron chi connectivity index (χ4n) is 4.74. The third kappa shape index (κ3) is 23.7. The van der Waals surface area contributed by atoms with Gasteiger partial charge >= 0.3 is 11.9 Å². The van der Waals surface area contributed by atoms with Crippen molar-refractivity contribution >= 4 is 11.9 Å². The Balaban J connectivity index is 2.51. The molecule has 6 atom stereocenters. The molecule has 0 aromatic carbocycles. The van der Waals surface area contributed by atoms with E-state index in [0.717, 1.165) is 44.9 Å². The van der Waals surface area contributed by atoms with E-state index >= 15 is 0 Å². The normalized spacial score (nSPS) is 22.4. The average Bonchev–Trinajstić information content (AvgIpc) is 3.13. The van der Waals surface area contributed by atoms with Crippen LogP contribution in [0, 0.1) is 0 Å². The van der Waals surface area contributed by atoms with Crippen LogP contribution < -0.4 is 0 Å². The first kappa shape index (κ1) is 45.6. The fourth-order valence-corrected chi connectivity index (χ4v) is 4.74. The molecule has 1 aliphatic rings. The van der Waals surface area contributed by atoms with Crippen LogP contribution in [-0.2, 0) is 28.5 Å². The monoisotopic (exact) mass is 714 g/mol. The quantitative estimate of drug-likeness (QED) is 0.0426. The van der Waals surface area contributed by atoms with Crippen LogP contribution in [0.2, 0.25) is 0 Å². The highest BCUT2D eigenvalue weighted by molar-refractivity contribution is 5.70. The summed E-state index contributed by atoms with van der Waals surface area (Å²) in [5, 5.41) is 39.9. The van der Waals surface area contributed by atoms with Crippen molar-refractivity contribution in [3.8, 4) is 0 Å². The molecule has 286 valence electrons. The number of carbonyl (C=O) groups is 2. The van der Waals surface area contributed by atoms with Crippen LogP contribution in [0.3, 0.4) is 0 Å². The smallest absolute Gasteiger partial charge is 0.306 e. The average molecular weight is 715 g/mol. The molecule has 0 bridgehead atoms. The maximum absolute atomic E-state index is 12.7. The highest BCUT2D eigenvalue weighted by atomic mass is 16.7. The summed E-state index contributed by atoms with van der Waals surface area (Å²) in [6.45, 7) is 2.99. The summed E-state index contributed by atoms with van der Waals surface area (Å²) in [4.78, 5) is 25.1. The first-order valence-electron chi connectivity index (χ1n) is 18.4. The summed E-state index contributed by atoms with van der Waals surface area (Å²) in [5.41, 5.74) is 0. The van der Waals surface area contributed by atoms with Crippen molar-refractivity contribution in [1.82, 2.24) is 0 Å². The highest BCUT2D eigenvalue weighted by Crippen LogP contribution is 2.22. The molecule has 1 heterocycles. The summed E-state index contributed by atoms with van der Waals surface area (Å²) in [6.07, 6.45) is 32.9. The second-order valence-electron chi connectivity index (χ2n) is 12.1. The Labute approximate surface area is 305 Å². The lowest BCUT2D eigenvalue weighted by Gasteiger charge is -2.39. The van der Waals surface area contributed by atoms with E-state index in [2.05, 4.69) is 38.2 Å². The Hall–Kier alpha value is -3.38. The van der Waals surface area contributed by atoms with Gasteiger partial charge in [0.2, 0.25) is 0 Å². The maximum Gasteiger partial charge on any atom is 0.306 e. The van der Waals surface area contributed by atoms with Crippen molar-refractivity contribution in [2.24, 2.45) is 0 Å². The Bertz CT molecular complexity index is 1150. The molecule has 1 aliphatic heterocycles. The van der Waals surface area contributed by atoms with Gasteiger partial charge in [0, 0.05) is 12.8 Å². The van der Waals surface area contributed by atoms with E-state index in [-0.39, 0.29) is 26.1 Å². The molecule has 1 fully saturated rings. The molecule has 0 aromatic rings. The molecule has 0 spiro atoms. The number of allylic oxidation sites excluding steroid dienone is 16. The topological polar surface area (TPSA) is 152 Å². The van der Waals surface area contributed by atoms with E-state index in [1.807, 2.05) is 72.9 Å². The van der Waals surface area contributed by atoms with Crippen LogP contribution in [0.25, 0.3) is 0 Å². The number of unbranched alkanes of at least 4 members (excludes halogenated alkanes) is 6. The third-order valence-electron chi connectivity index (χ3n) is 7.65. The van der Waals surface area contributed by atoms with Gasteiger partial charge in [0.15, 0.2) is 12.4 Å². The van der Waals surface area contributed by atoms with E-state index in [9.17, 15) is 30.0 Å². The van der Waals surface area contributed by atoms with Crippen LogP contribution >= 0.6 is 0 Å². The van der Waals surface area contributed by atoms with Crippen molar-refractivity contribution < 1.29 is 49.0 Å². The molecular weight excluding hydrogens is 652 g/mol. The minimum atomic E-state index is -1.61. The second-order valence-corrected chi connectivity index (χ2v) is 12.1. The van der Waals surface area contributed by atoms with E-state index < -0.39 is 55.4 Å². The van der Waals surface area contributed by atoms with Gasteiger partial charge in [0.1, 0.15) is 31.0 Å². The lowest BCUT2D eigenvalue weighted by Crippen LogP contribution is -2.59. The van der Waals surface area contributed by atoms with Gasteiger partial charge < -0.3 is 39.4 Å². The predicted molar refractivity (Wildman–Crippen MR) is 200 cm³/mol. The summed E-state index contributed by atoms with van der Waals surface area (Å²) >= 11 is 0. The van der Waals surface area contributed by atoms with Crippen molar-refractivity contribution in [2.75, 3.05) is 19.8 Å². The molecule has 0 aliphatic carbocycles. The minimum Gasteiger partial charge on any atom is -0.462 e. The fraction of sp³-hybridized carbons (Fsp3) is 0.561. The standard InChI is InChI=1S/C41H62O10/c1-3-5-7-9-11-13-15-17-19-21-23-25-27-29-36(43)48-32-34(33-49-41-40(47)39(46)38(45)35(31-42)51-41)50-37(44)30-28-26-24-22-20-18-16-14-12-10-8-6-4-2/h5-17,19,21,23,34-35,38-42,45-47H,3-4,18,20,22,24-33H2,1-2H3/b7-5+,8-6+,11-9+,12-10+,15-13+,16-14+,19-17+,23-21+/t34?,35-,38+,39?,40?,41-/m0/s1. The molecule has 1 rings (SSSR count). The first-order chi connectivity index (χ1) is 24.8. The third-order valence-corrected chi connectivity index (χ3v) is 7.65. The lowest BCUT2D eigenvalue weighted by molar-refractivity contribution is -0.305. The van der Waals surface area contributed by atoms with E-state index in [4.69, 9.17) is 18.9 Å². The molecule has 0 saturated carbocycles. The van der Waals surface area contributed by atoms with E-state index in [1.165, 1.54) is 0 Å². The van der Waals surface area contributed by atoms with Gasteiger partial charge in [-0.2, -0.15) is 0 Å². The number of hydrogen-bond donors (Lipinski definition) is 4. The molecular formula is C41H62O10. The van der Waals surface area contributed by atoms with Crippen LogP contribution in [0.5, 0.6) is 0 Å². The Morgan fingerprint density at radius 1 is 0.608 bits per heavy atom. The molecule has 1 saturated heterocycles. The van der Waals surface area contributed by atoms with Crippen molar-refractivity contribution in [2.45, 2.75) is 128 Å². The van der Waals surface area contributed by atoms with Crippen LogP contribution in [0.15, 0.2) is 97.2 Å². The molecule has 51 heavy (non-hydrogen) atoms. The van der Waals surface area contributed by atoms with Crippen LogP contribution in [-0.4, -0.2) is 89.0 Å². The Morgan fingerprint density at radius 2 is 1.12 bits per heavy atom. The van der Waals surface area contributed by atoms with Gasteiger partial charge in [-0.1, -0.05) is 130 Å². The number of aliphatic hydroxyl groups excluding tert-OH is 4. The molecule has 10 heteroatoms. The van der Waals surface area contributed by atoms with Gasteiger partial charge in [0.05, 0.1) is 13.2 Å². The van der Waals surface area contributed by atoms with E-state index in [0.29, 0.717) is 19.3 Å². The molecule has 0 aromatic heterocycles. The van der Waals surface area contributed by atoms with Crippen molar-refractivity contribution in [3.05, 3.63) is 97.2 Å². The van der Waals surface area contributed by atoms with Crippen molar-refractivity contribution in [1.29, 1.82) is 0 Å². The van der Waals surface area contributed by atoms with Gasteiger partial charge in [-0.15, -0.1) is 0 Å². The Kier molecular flexibility index (Phi) is 28.1. The summed E-state index contributed by atoms with van der Waals surface area (Å²) < 4.78 is 21.9. The lowest BCUT2D eigenvalue weighted by atomic mass is 9.99. The zero-order valence-electron chi connectivity index (χ0n) is 30.5. The zero-order chi connectivity index (χ0) is 37.4. The molecule has 4 N–H and O–H groups in total. The van der Waals surface area contributed by atoms with Gasteiger partial charge in [-0.3, -0.25) is 9.59 Å². The largest absolute Gasteiger partial charge is 0.462 e. The number of esters is 2. The first-order valence-corrected chi connectivity index (χ1v) is 18.4. The highest BCUT2D eigenvalue weighted by Gasteiger charge is 2.44. The molecule has 0 amide bonds. The maximum atomic E-state index is 12.7. The Morgan fingerprint density at radius 3 is 1.71 bits per heavy atom. The molecule has 0 radical (unpaired) electrons. The summed E-state index contributed by atoms with van der Waals surface area (Å²) in [7, 11) is 0. The van der Waals surface area contributed by atoms with Crippen molar-refractivity contribution in [3.63, 3.8) is 0 Å². The van der Waals surface area contributed by atoms with Gasteiger partial charge in [-0.25, -0.2) is 0 Å². The SMILES string of the molecule is CC/C=C/C=C/C=C/C=C/C=C/CCCC(=O)OCC(CO[C@H]1O[C@@H](CO)[C@@H](O)C(O)C1O)OC(=O)CCCCCCC/C=C/C=C/C=C/CC. The zero-order valence-corrected chi connectivity index (χ0v) is 30.5. The summed E-state index contributed by atoms with van der Waals surface area (Å²) in [6, 6.07) is 0. The van der Waals surface area contributed by atoms with Crippen LogP contribution in [0.4, 0.5) is 0 Å². The van der Waals surface area contributed by atoms with Gasteiger partial charge in [0.25, 0.3) is 0 Å². The number of carbonyl (C=O) groups excluding carboxylic acids is 2. The number of aliphatic hydroxyl groups is 4. The second kappa shape index (κ2) is 31.4.